The van der Waals surface area contributed by atoms with Crippen molar-refractivity contribution in [3.63, 3.8) is 0 Å². The van der Waals surface area contributed by atoms with Crippen LogP contribution in [0.1, 0.15) is 43.9 Å². The zero-order chi connectivity index (χ0) is 38.0. The lowest BCUT2D eigenvalue weighted by molar-refractivity contribution is -0.145. The molecule has 1 aliphatic heterocycles. The summed E-state index contributed by atoms with van der Waals surface area (Å²) in [5.74, 6) is 2.48. The zero-order valence-corrected chi connectivity index (χ0v) is 32.1. The number of aromatic nitrogens is 4. The van der Waals surface area contributed by atoms with Crippen LogP contribution in [0.3, 0.4) is 0 Å². The van der Waals surface area contributed by atoms with Gasteiger partial charge in [0.1, 0.15) is 11.2 Å². The third kappa shape index (κ3) is 7.07. The van der Waals surface area contributed by atoms with E-state index in [4.69, 9.17) is 26.1 Å². The van der Waals surface area contributed by atoms with Gasteiger partial charge in [0.05, 0.1) is 35.9 Å². The van der Waals surface area contributed by atoms with Crippen LogP contribution in [0.15, 0.2) is 64.3 Å². The molecule has 53 heavy (non-hydrogen) atoms. The van der Waals surface area contributed by atoms with Gasteiger partial charge in [0.15, 0.2) is 0 Å². The molecule has 0 spiro atoms. The summed E-state index contributed by atoms with van der Waals surface area (Å²) in [6.07, 6.45) is 4.66. The van der Waals surface area contributed by atoms with Crippen molar-refractivity contribution in [1.82, 2.24) is 24.4 Å². The van der Waals surface area contributed by atoms with Gasteiger partial charge in [-0.3, -0.25) is 18.7 Å². The smallest absolute Gasteiger partial charge is 0.330 e. The number of nitrogens with zero attached hydrogens (tertiary/aromatic N) is 4. The number of rotatable bonds is 7. The van der Waals surface area contributed by atoms with Crippen molar-refractivity contribution in [3.8, 4) is 28.3 Å². The third-order valence-corrected chi connectivity index (χ3v) is 10.8. The second-order valence-corrected chi connectivity index (χ2v) is 13.7. The summed E-state index contributed by atoms with van der Waals surface area (Å²) in [5, 5.41) is 7.52. The summed E-state index contributed by atoms with van der Waals surface area (Å²) in [7, 11) is 4.76. The molecule has 278 valence electrons. The minimum atomic E-state index is -0.407. The predicted molar refractivity (Wildman–Crippen MR) is 210 cm³/mol. The van der Waals surface area contributed by atoms with Crippen LogP contribution in [0, 0.1) is 24.7 Å². The van der Waals surface area contributed by atoms with E-state index in [-0.39, 0.29) is 11.9 Å². The number of nitrogens with one attached hydrogen (secondary N) is 2. The molecule has 0 amide bonds. The number of carbonyl (C=O) groups excluding carboxylic acids is 1. The molecule has 3 aromatic heterocycles. The minimum absolute atomic E-state index is 0.0176. The number of anilines is 2. The van der Waals surface area contributed by atoms with Gasteiger partial charge in [-0.1, -0.05) is 55.8 Å². The fourth-order valence-electron chi connectivity index (χ4n) is 7.61. The second-order valence-electron chi connectivity index (χ2n) is 13.3. The molecule has 3 aliphatic rings. The van der Waals surface area contributed by atoms with Crippen LogP contribution in [0.5, 0.6) is 5.88 Å². The first-order chi connectivity index (χ1) is 25.6. The highest BCUT2D eigenvalue weighted by atomic mass is 35.5. The van der Waals surface area contributed by atoms with E-state index in [1.807, 2.05) is 64.1 Å². The lowest BCUT2D eigenvalue weighted by Crippen LogP contribution is -2.37. The Bertz CT molecular complexity index is 2290. The summed E-state index contributed by atoms with van der Waals surface area (Å²) in [4.78, 5) is 45.9. The number of ether oxygens (including phenoxy) is 2. The van der Waals surface area contributed by atoms with E-state index in [9.17, 15) is 14.4 Å². The summed E-state index contributed by atoms with van der Waals surface area (Å²) in [5.41, 5.74) is 7.29. The SMILES string of the molecule is CC.CCOC(=O)C1C2CNCC21.COc1nc(-c2cccc(-c3cccc(Nc4nccc5c4c(=O)n(C)c(=O)n5C)c3C)c2Cl)cc2c1CCC2. The number of benzene rings is 2. The molecule has 2 atom stereocenters. The Kier molecular flexibility index (Phi) is 11.3. The maximum atomic E-state index is 13.1. The Labute approximate surface area is 314 Å². The number of pyridine rings is 2. The molecule has 2 aliphatic carbocycles. The first-order valence-electron chi connectivity index (χ1n) is 18.3. The van der Waals surface area contributed by atoms with Gasteiger partial charge in [0.2, 0.25) is 5.88 Å². The highest BCUT2D eigenvalue weighted by Gasteiger charge is 2.57. The van der Waals surface area contributed by atoms with Crippen LogP contribution >= 0.6 is 11.6 Å². The van der Waals surface area contributed by atoms with Crippen LogP contribution < -0.4 is 26.6 Å². The van der Waals surface area contributed by atoms with Crippen molar-refractivity contribution in [3.05, 3.63) is 97.3 Å². The minimum Gasteiger partial charge on any atom is -0.481 e. The Hall–Kier alpha value is -5.00. The van der Waals surface area contributed by atoms with Gasteiger partial charge in [0.25, 0.3) is 5.56 Å². The van der Waals surface area contributed by atoms with E-state index < -0.39 is 11.2 Å². The Morgan fingerprint density at radius 3 is 2.42 bits per heavy atom. The number of halogens is 1. The fraction of sp³-hybridized carbons (Fsp3) is 0.390. The number of hydrogen-bond donors (Lipinski definition) is 2. The Morgan fingerprint density at radius 2 is 1.70 bits per heavy atom. The molecule has 2 unspecified atom stereocenters. The van der Waals surface area contributed by atoms with Crippen LogP contribution in [0.25, 0.3) is 33.3 Å². The van der Waals surface area contributed by atoms with Crippen molar-refractivity contribution in [1.29, 1.82) is 0 Å². The molecule has 12 heteroatoms. The van der Waals surface area contributed by atoms with Crippen molar-refractivity contribution < 1.29 is 14.3 Å². The molecular formula is C41H47ClN6O5. The van der Waals surface area contributed by atoms with E-state index in [0.29, 0.717) is 46.1 Å². The Morgan fingerprint density at radius 1 is 1.00 bits per heavy atom. The van der Waals surface area contributed by atoms with Gasteiger partial charge >= 0.3 is 11.7 Å². The van der Waals surface area contributed by atoms with Crippen LogP contribution in [-0.4, -0.2) is 51.9 Å². The van der Waals surface area contributed by atoms with Crippen LogP contribution in [-0.2, 0) is 36.5 Å². The van der Waals surface area contributed by atoms with E-state index in [2.05, 4.69) is 21.7 Å². The lowest BCUT2D eigenvalue weighted by Gasteiger charge is -2.17. The molecule has 0 radical (unpaired) electrons. The maximum Gasteiger partial charge on any atom is 0.330 e. The van der Waals surface area contributed by atoms with E-state index in [0.717, 1.165) is 70.6 Å². The third-order valence-electron chi connectivity index (χ3n) is 10.4. The Balaban J connectivity index is 0.000000312. The normalized spacial score (nSPS) is 17.8. The number of fused-ring (bicyclic) bond motifs is 3. The van der Waals surface area contributed by atoms with Crippen molar-refractivity contribution in [2.75, 3.05) is 32.1 Å². The molecule has 1 saturated carbocycles. The van der Waals surface area contributed by atoms with E-state index >= 15 is 0 Å². The predicted octanol–water partition coefficient (Wildman–Crippen LogP) is 6.61. The van der Waals surface area contributed by atoms with Gasteiger partial charge in [-0.25, -0.2) is 14.8 Å². The lowest BCUT2D eigenvalue weighted by atomic mass is 9.96. The molecule has 8 rings (SSSR count). The van der Waals surface area contributed by atoms with Gasteiger partial charge in [-0.2, -0.15) is 0 Å². The highest BCUT2D eigenvalue weighted by molar-refractivity contribution is 6.36. The quantitative estimate of drug-likeness (QED) is 0.177. The molecule has 2 fully saturated rings. The number of esters is 1. The molecule has 2 N–H and O–H groups in total. The van der Waals surface area contributed by atoms with Crippen molar-refractivity contribution in [2.24, 2.45) is 31.8 Å². The van der Waals surface area contributed by atoms with Crippen molar-refractivity contribution in [2.45, 2.75) is 47.0 Å². The van der Waals surface area contributed by atoms with Gasteiger partial charge < -0.3 is 20.1 Å². The second kappa shape index (κ2) is 15.9. The molecule has 4 heterocycles. The van der Waals surface area contributed by atoms with Crippen LogP contribution in [0.4, 0.5) is 11.5 Å². The average Bonchev–Trinajstić information content (AvgIpc) is 3.45. The highest BCUT2D eigenvalue weighted by Crippen LogP contribution is 2.49. The van der Waals surface area contributed by atoms with Gasteiger partial charge in [-0.15, -0.1) is 0 Å². The number of piperidine rings is 1. The number of methoxy groups -OCH3 is 1. The van der Waals surface area contributed by atoms with Gasteiger partial charge in [-0.05, 0) is 92.9 Å². The molecule has 11 nitrogen and oxygen atoms in total. The summed E-state index contributed by atoms with van der Waals surface area (Å²) in [6, 6.07) is 15.6. The summed E-state index contributed by atoms with van der Waals surface area (Å²) in [6.45, 7) is 10.4. The number of aryl methyl sites for hydroxylation is 2. The van der Waals surface area contributed by atoms with Gasteiger partial charge in [0, 0.05) is 42.7 Å². The molecule has 5 aromatic rings. The van der Waals surface area contributed by atoms with Crippen molar-refractivity contribution >= 4 is 40.0 Å². The monoisotopic (exact) mass is 738 g/mol. The van der Waals surface area contributed by atoms with E-state index in [1.54, 1.807) is 26.4 Å². The maximum absolute atomic E-state index is 13.1. The molecule has 2 aromatic carbocycles. The summed E-state index contributed by atoms with van der Waals surface area (Å²) >= 11 is 7.07. The largest absolute Gasteiger partial charge is 0.481 e. The summed E-state index contributed by atoms with van der Waals surface area (Å²) < 4.78 is 13.1. The standard InChI is InChI=1S/C31H28ClN5O3.C8H13NO2.C2H6/c1-17-19(21-11-6-12-22(27(21)32)24-16-18-8-5-10-20(18)29(35-24)40-4)9-7-13-23(17)34-28-26-25(14-15-33-28)36(2)31(39)37(3)30(26)38;1-2-11-8(10)7-5-3-9-4-6(5)7;1-2/h6-7,9,11-16H,5,8,10H2,1-4H3,(H,33,34);5-7,9H,2-4H2,1H3;1-2H3. The average molecular weight is 739 g/mol. The number of carbonyl (C=O) groups is 1. The van der Waals surface area contributed by atoms with E-state index in [1.165, 1.54) is 22.7 Å². The zero-order valence-electron chi connectivity index (χ0n) is 31.4. The van der Waals surface area contributed by atoms with Crippen LogP contribution in [0.2, 0.25) is 5.02 Å². The molecule has 0 bridgehead atoms. The topological polar surface area (TPSA) is 129 Å². The first-order valence-corrected chi connectivity index (χ1v) is 18.7. The first kappa shape index (κ1) is 37.7. The number of hydrogen-bond acceptors (Lipinski definition) is 9. The fourth-order valence-corrected chi connectivity index (χ4v) is 7.93. The molecular weight excluding hydrogens is 692 g/mol. The molecule has 1 saturated heterocycles.